The van der Waals surface area contributed by atoms with Crippen molar-refractivity contribution in [3.8, 4) is 0 Å². The highest BCUT2D eigenvalue weighted by atomic mass is 35.5. The number of rotatable bonds is 5. The maximum absolute atomic E-state index is 13.1. The van der Waals surface area contributed by atoms with Crippen LogP contribution in [0, 0.1) is 11.6 Å². The van der Waals surface area contributed by atoms with E-state index in [1.54, 1.807) is 18.2 Å². The van der Waals surface area contributed by atoms with E-state index < -0.39 is 0 Å². The minimum atomic E-state index is -0.294. The van der Waals surface area contributed by atoms with Gasteiger partial charge in [0.1, 0.15) is 11.6 Å². The van der Waals surface area contributed by atoms with Gasteiger partial charge in [-0.3, -0.25) is 0 Å². The highest BCUT2D eigenvalue weighted by Crippen LogP contribution is 2.17. The first kappa shape index (κ1) is 14.9. The molecule has 0 amide bonds. The summed E-state index contributed by atoms with van der Waals surface area (Å²) in [6, 6.07) is 10.9. The van der Waals surface area contributed by atoms with E-state index in [4.69, 9.17) is 11.6 Å². The summed E-state index contributed by atoms with van der Waals surface area (Å²) in [7, 11) is 0. The number of benzene rings is 2. The first-order chi connectivity index (χ1) is 9.54. The van der Waals surface area contributed by atoms with E-state index in [2.05, 4.69) is 5.32 Å². The van der Waals surface area contributed by atoms with Crippen molar-refractivity contribution in [3.63, 3.8) is 0 Å². The number of hydrogen-bond acceptors (Lipinski definition) is 1. The van der Waals surface area contributed by atoms with Crippen molar-refractivity contribution in [2.45, 2.75) is 25.9 Å². The van der Waals surface area contributed by atoms with E-state index in [-0.39, 0.29) is 17.7 Å². The van der Waals surface area contributed by atoms with Crippen molar-refractivity contribution in [1.82, 2.24) is 5.32 Å². The van der Waals surface area contributed by atoms with Gasteiger partial charge in [-0.2, -0.15) is 0 Å². The maximum atomic E-state index is 13.1. The van der Waals surface area contributed by atoms with Crippen LogP contribution in [0.2, 0.25) is 5.02 Å². The van der Waals surface area contributed by atoms with Crippen LogP contribution in [-0.4, -0.2) is 6.04 Å². The summed E-state index contributed by atoms with van der Waals surface area (Å²) >= 11 is 6.01. The summed E-state index contributed by atoms with van der Waals surface area (Å²) in [5, 5.41) is 3.83. The normalized spacial score (nSPS) is 12.4. The molecule has 0 heterocycles. The quantitative estimate of drug-likeness (QED) is 0.865. The Morgan fingerprint density at radius 2 is 1.70 bits per heavy atom. The fourth-order valence-electron chi connectivity index (χ4n) is 2.01. The number of halogens is 3. The molecular formula is C16H16ClF2N. The van der Waals surface area contributed by atoms with Gasteiger partial charge in [0.2, 0.25) is 0 Å². The zero-order valence-corrected chi connectivity index (χ0v) is 11.9. The Labute approximate surface area is 122 Å². The molecule has 106 valence electrons. The average Bonchev–Trinajstić information content (AvgIpc) is 2.42. The Hall–Kier alpha value is -1.45. The summed E-state index contributed by atoms with van der Waals surface area (Å²) in [5.41, 5.74) is 1.79. The van der Waals surface area contributed by atoms with Crippen molar-refractivity contribution in [2.24, 2.45) is 0 Å². The third-order valence-corrected chi connectivity index (χ3v) is 3.47. The molecule has 0 spiro atoms. The summed E-state index contributed by atoms with van der Waals surface area (Å²) in [5.74, 6) is -0.529. The third-order valence-electron chi connectivity index (χ3n) is 3.10. The molecule has 2 rings (SSSR count). The summed E-state index contributed by atoms with van der Waals surface area (Å²) in [6.45, 7) is 2.52. The van der Waals surface area contributed by atoms with E-state index in [9.17, 15) is 8.78 Å². The van der Waals surface area contributed by atoms with Crippen LogP contribution < -0.4 is 5.32 Å². The summed E-state index contributed by atoms with van der Waals surface area (Å²) < 4.78 is 25.9. The second-order valence-corrected chi connectivity index (χ2v) is 5.26. The second-order valence-electron chi connectivity index (χ2n) is 4.85. The van der Waals surface area contributed by atoms with E-state index in [0.29, 0.717) is 11.6 Å². The Balaban J connectivity index is 1.90. The molecule has 0 aromatic heterocycles. The molecule has 20 heavy (non-hydrogen) atoms. The summed E-state index contributed by atoms with van der Waals surface area (Å²) in [4.78, 5) is 0. The van der Waals surface area contributed by atoms with Crippen LogP contribution in [0.25, 0.3) is 0 Å². The fourth-order valence-corrected chi connectivity index (χ4v) is 2.19. The third kappa shape index (κ3) is 4.29. The predicted octanol–water partition coefficient (Wildman–Crippen LogP) is 4.34. The van der Waals surface area contributed by atoms with Gasteiger partial charge in [0.15, 0.2) is 0 Å². The highest BCUT2D eigenvalue weighted by molar-refractivity contribution is 6.31. The van der Waals surface area contributed by atoms with Crippen molar-refractivity contribution >= 4 is 11.6 Å². The topological polar surface area (TPSA) is 12.0 Å². The molecule has 0 saturated heterocycles. The first-order valence-electron chi connectivity index (χ1n) is 6.46. The molecule has 0 bridgehead atoms. The molecule has 0 aliphatic carbocycles. The fraction of sp³-hybridized carbons (Fsp3) is 0.250. The predicted molar refractivity (Wildman–Crippen MR) is 77.8 cm³/mol. The molecule has 1 nitrogen and oxygen atoms in total. The van der Waals surface area contributed by atoms with Gasteiger partial charge in [-0.05, 0) is 54.8 Å². The van der Waals surface area contributed by atoms with Crippen molar-refractivity contribution in [2.75, 3.05) is 0 Å². The van der Waals surface area contributed by atoms with Crippen LogP contribution in [0.4, 0.5) is 8.78 Å². The van der Waals surface area contributed by atoms with Crippen LogP contribution in [0.5, 0.6) is 0 Å². The van der Waals surface area contributed by atoms with Gasteiger partial charge in [0.05, 0.1) is 0 Å². The lowest BCUT2D eigenvalue weighted by Gasteiger charge is -2.14. The van der Waals surface area contributed by atoms with Crippen LogP contribution in [0.3, 0.4) is 0 Å². The number of hydrogen-bond donors (Lipinski definition) is 1. The lowest BCUT2D eigenvalue weighted by molar-refractivity contribution is 0.542. The Morgan fingerprint density at radius 3 is 2.40 bits per heavy atom. The van der Waals surface area contributed by atoms with Crippen molar-refractivity contribution in [1.29, 1.82) is 0 Å². The Bertz CT molecular complexity index is 569. The lowest BCUT2D eigenvalue weighted by Crippen LogP contribution is -2.27. The van der Waals surface area contributed by atoms with E-state index in [0.717, 1.165) is 17.5 Å². The molecule has 1 atom stereocenters. The molecule has 0 saturated carbocycles. The van der Waals surface area contributed by atoms with Crippen molar-refractivity contribution < 1.29 is 8.78 Å². The molecular weight excluding hydrogens is 280 g/mol. The molecule has 2 aromatic rings. The first-order valence-corrected chi connectivity index (χ1v) is 6.84. The van der Waals surface area contributed by atoms with Gasteiger partial charge in [0, 0.05) is 17.6 Å². The molecule has 0 fully saturated rings. The zero-order valence-electron chi connectivity index (χ0n) is 11.2. The van der Waals surface area contributed by atoms with Crippen LogP contribution >= 0.6 is 11.6 Å². The highest BCUT2D eigenvalue weighted by Gasteiger charge is 2.06. The largest absolute Gasteiger partial charge is 0.310 e. The van der Waals surface area contributed by atoms with Gasteiger partial charge in [-0.25, -0.2) is 8.78 Å². The average molecular weight is 296 g/mol. The SMILES string of the molecule is CC(Cc1ccc(F)cc1)NCc1cc(F)ccc1Cl. The Morgan fingerprint density at radius 1 is 1.05 bits per heavy atom. The molecule has 0 aliphatic rings. The molecule has 2 aromatic carbocycles. The van der Waals surface area contributed by atoms with Crippen molar-refractivity contribution in [3.05, 3.63) is 70.2 Å². The van der Waals surface area contributed by atoms with Gasteiger partial charge < -0.3 is 5.32 Å². The maximum Gasteiger partial charge on any atom is 0.123 e. The molecule has 1 unspecified atom stereocenters. The van der Waals surface area contributed by atoms with Gasteiger partial charge in [-0.1, -0.05) is 23.7 Å². The van der Waals surface area contributed by atoms with Gasteiger partial charge in [0.25, 0.3) is 0 Å². The van der Waals surface area contributed by atoms with Gasteiger partial charge >= 0.3 is 0 Å². The second kappa shape index (κ2) is 6.82. The lowest BCUT2D eigenvalue weighted by atomic mass is 10.1. The summed E-state index contributed by atoms with van der Waals surface area (Å²) in [6.07, 6.45) is 0.771. The monoisotopic (exact) mass is 295 g/mol. The van der Waals surface area contributed by atoms with E-state index in [1.165, 1.54) is 24.3 Å². The Kier molecular flexibility index (Phi) is 5.10. The molecule has 4 heteroatoms. The van der Waals surface area contributed by atoms with Crippen LogP contribution in [0.1, 0.15) is 18.1 Å². The zero-order chi connectivity index (χ0) is 14.5. The van der Waals surface area contributed by atoms with Crippen LogP contribution in [0.15, 0.2) is 42.5 Å². The minimum absolute atomic E-state index is 0.180. The van der Waals surface area contributed by atoms with E-state index in [1.807, 2.05) is 6.92 Å². The minimum Gasteiger partial charge on any atom is -0.310 e. The van der Waals surface area contributed by atoms with Gasteiger partial charge in [-0.15, -0.1) is 0 Å². The standard InChI is InChI=1S/C16H16ClF2N/c1-11(8-12-2-4-14(18)5-3-12)20-10-13-9-15(19)6-7-16(13)17/h2-7,9,11,20H,8,10H2,1H3. The molecule has 1 N–H and O–H groups in total. The smallest absolute Gasteiger partial charge is 0.123 e. The number of nitrogens with one attached hydrogen (secondary N) is 1. The van der Waals surface area contributed by atoms with Crippen LogP contribution in [-0.2, 0) is 13.0 Å². The molecule has 0 aliphatic heterocycles. The molecule has 0 radical (unpaired) electrons. The van der Waals surface area contributed by atoms with E-state index >= 15 is 0 Å².